The van der Waals surface area contributed by atoms with Crippen molar-refractivity contribution in [2.75, 3.05) is 0 Å². The summed E-state index contributed by atoms with van der Waals surface area (Å²) in [7, 11) is 0. The van der Waals surface area contributed by atoms with Gasteiger partial charge in [0.05, 0.1) is 0 Å². The third-order valence-electron chi connectivity index (χ3n) is 7.62. The van der Waals surface area contributed by atoms with Crippen molar-refractivity contribution in [1.29, 1.82) is 0 Å². The first-order valence-electron chi connectivity index (χ1n) is 15.6. The molecule has 4 rings (SSSR count). The topological polar surface area (TPSA) is 86.7 Å². The predicted molar refractivity (Wildman–Crippen MR) is 177 cm³/mol. The molecule has 6 nitrogen and oxygen atoms in total. The van der Waals surface area contributed by atoms with E-state index in [4.69, 9.17) is 6.15 Å². The molecule has 0 bridgehead atoms. The fourth-order valence-corrected chi connectivity index (χ4v) is 15.0. The van der Waals surface area contributed by atoms with E-state index < -0.39 is 31.1 Å². The molecule has 0 atom stereocenters. The van der Waals surface area contributed by atoms with Crippen LogP contribution in [0.3, 0.4) is 0 Å². The van der Waals surface area contributed by atoms with E-state index >= 15 is 0 Å². The third-order valence-corrected chi connectivity index (χ3v) is 17.4. The summed E-state index contributed by atoms with van der Waals surface area (Å²) in [4.78, 5) is 52.1. The molecule has 7 heteroatoms. The van der Waals surface area contributed by atoms with Crippen molar-refractivity contribution in [1.82, 2.24) is 0 Å². The van der Waals surface area contributed by atoms with Crippen LogP contribution in [-0.4, -0.2) is 42.7 Å². The van der Waals surface area contributed by atoms with Crippen molar-refractivity contribution in [3.05, 3.63) is 143 Å². The van der Waals surface area contributed by atoms with Crippen LogP contribution in [0.2, 0.25) is 8.87 Å². The van der Waals surface area contributed by atoms with Crippen molar-refractivity contribution >= 4 is 42.7 Å². The van der Waals surface area contributed by atoms with Gasteiger partial charge in [0, 0.05) is 0 Å². The number of hydrogen-bond acceptors (Lipinski definition) is 6. The van der Waals surface area contributed by atoms with E-state index in [1.807, 2.05) is 36.4 Å². The van der Waals surface area contributed by atoms with Crippen LogP contribution < -0.4 is 0 Å². The second-order valence-corrected chi connectivity index (χ2v) is 20.4. The molecule has 0 spiro atoms. The molecule has 0 saturated carbocycles. The van der Waals surface area contributed by atoms with Crippen LogP contribution >= 0.6 is 0 Å². The summed E-state index contributed by atoms with van der Waals surface area (Å²) in [5.41, 5.74) is 3.76. The summed E-state index contributed by atoms with van der Waals surface area (Å²) in [6.07, 6.45) is 3.48. The summed E-state index contributed by atoms with van der Waals surface area (Å²) in [6, 6.07) is 32.1. The molecule has 0 unspecified atom stereocenters. The zero-order valence-electron chi connectivity index (χ0n) is 26.0. The van der Waals surface area contributed by atoms with Gasteiger partial charge >= 0.3 is 272 Å². The molecular weight excluding hydrogens is 671 g/mol. The van der Waals surface area contributed by atoms with Gasteiger partial charge in [0.15, 0.2) is 0 Å². The molecule has 0 saturated heterocycles. The molecule has 0 N–H and O–H groups in total. The van der Waals surface area contributed by atoms with Gasteiger partial charge in [0.1, 0.15) is 0 Å². The summed E-state index contributed by atoms with van der Waals surface area (Å²) in [6.45, 7) is 4.13. The Kier molecular flexibility index (Phi) is 12.7. The molecule has 4 aromatic rings. The fraction of sp³-hybridized carbons (Fsp3) is 0.263. The Bertz CT molecular complexity index is 1440. The van der Waals surface area contributed by atoms with Crippen LogP contribution in [0.4, 0.5) is 0 Å². The molecule has 0 amide bonds. The second kappa shape index (κ2) is 16.9. The molecule has 0 fully saturated rings. The minimum absolute atomic E-state index is 0.0329. The number of carbonyl (C=O) groups excluding carboxylic acids is 4. The summed E-state index contributed by atoms with van der Waals surface area (Å²) in [5.74, 6) is -0.972. The molecular formula is C38H40O6Sn. The number of unbranched alkanes of at least 4 members (excludes halogenated alkanes) is 2. The van der Waals surface area contributed by atoms with Gasteiger partial charge < -0.3 is 0 Å². The van der Waals surface area contributed by atoms with E-state index in [-0.39, 0.29) is 24.4 Å². The average molecular weight is 711 g/mol. The van der Waals surface area contributed by atoms with Gasteiger partial charge in [-0.25, -0.2) is 0 Å². The minimum atomic E-state index is -4.17. The maximum absolute atomic E-state index is 13.3. The maximum atomic E-state index is 13.3. The Morgan fingerprint density at radius 3 is 1.16 bits per heavy atom. The van der Waals surface area contributed by atoms with Gasteiger partial charge in [-0.2, -0.15) is 0 Å². The van der Waals surface area contributed by atoms with E-state index in [0.717, 1.165) is 36.8 Å². The van der Waals surface area contributed by atoms with Crippen molar-refractivity contribution in [2.24, 2.45) is 0 Å². The summed E-state index contributed by atoms with van der Waals surface area (Å²) >= 11 is -4.17. The standard InChI is InChI=1S/2C15H12O3.2C4H9.Sn/c2*16-14(17)10-11-6-8-13(9-7-11)15(18)12-4-2-1-3-5-12;2*1-3-4-2;/h2*1-9H,10H2,(H,16,17);2*1,3-4H2,2H3;/q;;;;+2/p-2. The Morgan fingerprint density at radius 2 is 0.822 bits per heavy atom. The van der Waals surface area contributed by atoms with E-state index in [1.165, 1.54) is 0 Å². The number of hydrogen-bond donors (Lipinski definition) is 0. The zero-order chi connectivity index (χ0) is 32.1. The van der Waals surface area contributed by atoms with E-state index in [9.17, 15) is 19.2 Å². The Hall–Kier alpha value is -4.04. The van der Waals surface area contributed by atoms with E-state index in [1.54, 1.807) is 72.8 Å². The first-order valence-corrected chi connectivity index (χ1v) is 22.0. The number of rotatable bonds is 16. The number of carbonyl (C=O) groups is 4. The Balaban J connectivity index is 1.42. The number of ketones is 2. The van der Waals surface area contributed by atoms with Crippen molar-refractivity contribution in [2.45, 2.75) is 61.2 Å². The van der Waals surface area contributed by atoms with Crippen LogP contribution in [0, 0.1) is 0 Å². The quantitative estimate of drug-likeness (QED) is 0.0864. The molecule has 45 heavy (non-hydrogen) atoms. The number of benzene rings is 4. The molecule has 0 aliphatic heterocycles. The van der Waals surface area contributed by atoms with Crippen LogP contribution in [0.5, 0.6) is 0 Å². The molecule has 0 aromatic heterocycles. The second-order valence-electron chi connectivity index (χ2n) is 11.2. The van der Waals surface area contributed by atoms with E-state index in [0.29, 0.717) is 31.1 Å². The van der Waals surface area contributed by atoms with E-state index in [2.05, 4.69) is 13.8 Å². The fourth-order valence-electron chi connectivity index (χ4n) is 5.12. The Labute approximate surface area is 270 Å². The molecule has 232 valence electrons. The third kappa shape index (κ3) is 9.98. The van der Waals surface area contributed by atoms with Crippen LogP contribution in [-0.2, 0) is 28.6 Å². The normalized spacial score (nSPS) is 11.1. The van der Waals surface area contributed by atoms with Crippen molar-refractivity contribution < 1.29 is 25.3 Å². The first kappa shape index (κ1) is 33.8. The molecule has 0 heterocycles. The average Bonchev–Trinajstić information content (AvgIpc) is 3.07. The molecule has 0 radical (unpaired) electrons. The monoisotopic (exact) mass is 712 g/mol. The molecule has 0 aliphatic rings. The van der Waals surface area contributed by atoms with Gasteiger partial charge in [-0.05, 0) is 0 Å². The van der Waals surface area contributed by atoms with Crippen LogP contribution in [0.15, 0.2) is 109 Å². The van der Waals surface area contributed by atoms with Crippen molar-refractivity contribution in [3.8, 4) is 0 Å². The zero-order valence-corrected chi connectivity index (χ0v) is 28.9. The van der Waals surface area contributed by atoms with Gasteiger partial charge in [-0.1, -0.05) is 0 Å². The SMILES string of the molecule is CCC[CH2][Sn]([CH2]CCC)([O]C(=O)Cc1ccc(C(=O)c2ccccc2)cc1)[O]C(=O)Cc1ccc(C(=O)c2ccccc2)cc1. The summed E-state index contributed by atoms with van der Waals surface area (Å²) < 4.78 is 13.7. The van der Waals surface area contributed by atoms with Gasteiger partial charge in [-0.15, -0.1) is 0 Å². The van der Waals surface area contributed by atoms with Crippen molar-refractivity contribution in [3.63, 3.8) is 0 Å². The summed E-state index contributed by atoms with van der Waals surface area (Å²) in [5, 5.41) is 0. The van der Waals surface area contributed by atoms with Crippen LogP contribution in [0.1, 0.15) is 82.5 Å². The predicted octanol–water partition coefficient (Wildman–Crippen LogP) is 8.06. The first-order chi connectivity index (χ1) is 21.8. The van der Waals surface area contributed by atoms with Gasteiger partial charge in [-0.3, -0.25) is 0 Å². The molecule has 0 aliphatic carbocycles. The Morgan fingerprint density at radius 1 is 0.489 bits per heavy atom. The molecule has 4 aromatic carbocycles. The van der Waals surface area contributed by atoms with Crippen LogP contribution in [0.25, 0.3) is 0 Å². The van der Waals surface area contributed by atoms with Gasteiger partial charge in [0.2, 0.25) is 0 Å². The van der Waals surface area contributed by atoms with Gasteiger partial charge in [0.25, 0.3) is 0 Å².